The van der Waals surface area contributed by atoms with E-state index in [0.29, 0.717) is 77.2 Å². The highest BCUT2D eigenvalue weighted by Crippen LogP contribution is 2.17. The van der Waals surface area contributed by atoms with Gasteiger partial charge in [0, 0.05) is 102 Å². The molecule has 5 amide bonds. The molecule has 78 heavy (non-hydrogen) atoms. The summed E-state index contributed by atoms with van der Waals surface area (Å²) in [5.41, 5.74) is -0.370. The van der Waals surface area contributed by atoms with Gasteiger partial charge in [0.2, 0.25) is 11.8 Å². The molecular weight excluding hydrogens is 1010 g/mol. The molecule has 0 spiro atoms. The Balaban J connectivity index is 1.31. The minimum atomic E-state index is -0.664. The van der Waals surface area contributed by atoms with Crippen LogP contribution in [0.15, 0.2) is 36.4 Å². The number of rotatable bonds is 32. The summed E-state index contributed by atoms with van der Waals surface area (Å²) in [6, 6.07) is 6.57. The Morgan fingerprint density at radius 2 is 1.12 bits per heavy atom. The number of Topliss-reactive ketones (excluding diaryl/α,β-unsaturated/α-hetero) is 3. The first-order chi connectivity index (χ1) is 36.8. The lowest BCUT2D eigenvalue weighted by Gasteiger charge is -2.34. The van der Waals surface area contributed by atoms with E-state index in [9.17, 15) is 47.9 Å². The van der Waals surface area contributed by atoms with Gasteiger partial charge in [-0.05, 0) is 85.9 Å². The first-order valence-electron chi connectivity index (χ1n) is 26.9. The van der Waals surface area contributed by atoms with Crippen molar-refractivity contribution < 1.29 is 71.6 Å². The number of ether oxygens (including phenoxy) is 5. The van der Waals surface area contributed by atoms with E-state index < -0.39 is 23.0 Å². The fourth-order valence-electron chi connectivity index (χ4n) is 8.23. The Hall–Kier alpha value is -5.82. The van der Waals surface area contributed by atoms with Gasteiger partial charge in [-0.2, -0.15) is 0 Å². The Morgan fingerprint density at radius 3 is 1.64 bits per heavy atom. The molecule has 1 saturated heterocycles. The average molecular weight is 1100 g/mol. The monoisotopic (exact) mass is 1100 g/mol. The maximum atomic E-state index is 13.2. The number of imide groups is 1. The van der Waals surface area contributed by atoms with Crippen LogP contribution < -0.4 is 16.0 Å². The normalized spacial score (nSPS) is 16.0. The highest BCUT2D eigenvalue weighted by Gasteiger charge is 2.26. The number of unbranched alkanes of at least 4 members (excludes halogenated alkanes) is 1. The van der Waals surface area contributed by atoms with Crippen molar-refractivity contribution in [3.05, 3.63) is 47.5 Å². The lowest BCUT2D eigenvalue weighted by molar-refractivity contribution is -0.158. The minimum absolute atomic E-state index is 0.00339. The van der Waals surface area contributed by atoms with Gasteiger partial charge in [0.15, 0.2) is 5.78 Å². The second-order valence-corrected chi connectivity index (χ2v) is 21.5. The van der Waals surface area contributed by atoms with Crippen LogP contribution in [0.3, 0.4) is 0 Å². The lowest BCUT2D eigenvalue weighted by Crippen LogP contribution is -2.50. The van der Waals surface area contributed by atoms with E-state index >= 15 is 0 Å². The van der Waals surface area contributed by atoms with Crippen LogP contribution in [0.5, 0.6) is 0 Å². The highest BCUT2D eigenvalue weighted by molar-refractivity contribution is 6.12. The highest BCUT2D eigenvalue weighted by atomic mass is 16.6. The Labute approximate surface area is 459 Å². The van der Waals surface area contributed by atoms with E-state index in [-0.39, 0.29) is 157 Å². The summed E-state index contributed by atoms with van der Waals surface area (Å²) in [5, 5.41) is 8.23. The molecule has 23 nitrogen and oxygen atoms in total. The number of benzene rings is 1. The minimum Gasteiger partial charge on any atom is -0.459 e. The number of amides is 5. The van der Waals surface area contributed by atoms with Crippen LogP contribution in [0.25, 0.3) is 0 Å². The molecule has 2 aliphatic rings. The molecule has 1 atom stereocenters. The molecule has 1 aromatic rings. The number of carbonyl (C=O) groups excluding carboxylic acids is 10. The first-order valence-corrected chi connectivity index (χ1v) is 26.9. The Morgan fingerprint density at radius 1 is 0.603 bits per heavy atom. The Bertz CT molecular complexity index is 2170. The van der Waals surface area contributed by atoms with Crippen LogP contribution in [0.4, 0.5) is 0 Å². The molecule has 23 heteroatoms. The zero-order valence-electron chi connectivity index (χ0n) is 47.3. The first kappa shape index (κ1) is 66.5. The fraction of sp³-hybridized carbons (Fsp3) is 0.673. The van der Waals surface area contributed by atoms with Gasteiger partial charge >= 0.3 is 11.9 Å². The van der Waals surface area contributed by atoms with Gasteiger partial charge in [0.25, 0.3) is 17.7 Å². The third-order valence-corrected chi connectivity index (χ3v) is 12.1. The van der Waals surface area contributed by atoms with Crippen LogP contribution in [-0.4, -0.2) is 232 Å². The molecule has 1 fully saturated rings. The van der Waals surface area contributed by atoms with Crippen LogP contribution in [0, 0.1) is 5.92 Å². The van der Waals surface area contributed by atoms with Gasteiger partial charge in [0.05, 0.1) is 65.8 Å². The fourth-order valence-corrected chi connectivity index (χ4v) is 8.23. The third-order valence-electron chi connectivity index (χ3n) is 12.1. The molecule has 3 rings (SSSR count). The van der Waals surface area contributed by atoms with E-state index in [1.807, 2.05) is 61.1 Å². The van der Waals surface area contributed by atoms with Gasteiger partial charge < -0.3 is 39.6 Å². The molecule has 436 valence electrons. The predicted molar refractivity (Wildman–Crippen MR) is 288 cm³/mol. The van der Waals surface area contributed by atoms with Crippen molar-refractivity contribution >= 4 is 58.8 Å². The molecule has 2 heterocycles. The lowest BCUT2D eigenvalue weighted by atomic mass is 9.92. The summed E-state index contributed by atoms with van der Waals surface area (Å²) in [5.74, 6) is -3.53. The summed E-state index contributed by atoms with van der Waals surface area (Å²) in [6.45, 7) is 19.3. The molecule has 0 aliphatic carbocycles. The van der Waals surface area contributed by atoms with Crippen LogP contribution in [0.2, 0.25) is 0 Å². The summed E-state index contributed by atoms with van der Waals surface area (Å²) in [6.07, 6.45) is 3.84. The second kappa shape index (κ2) is 34.9. The van der Waals surface area contributed by atoms with E-state index in [0.717, 1.165) is 4.90 Å². The molecule has 2 aliphatic heterocycles. The standard InChI is InChI=1S/C55H86N8O15/c1-41(64)36-59-19-21-60(22-24-62(39-52(72)78-55(6,7)8)26-25-61(23-20-59)38-51(71)77-54(3,4)5)37-47(67)56-17-27-74-28-29-75-30-31-76-40-48(68)57-34-43-12-11-14-45(32-43)53(73)58-35-46(66)33-44(42(2)65)13-9-10-18-63-49(69)15-16-50(63)70/h11-12,14-16,32,44H,9-10,13,17-31,33-40H2,1-8H3,(H,56,67)(H,57,68)(H,58,73)/t44-/m1/s1. The number of ketones is 3. The van der Waals surface area contributed by atoms with Crippen LogP contribution in [0.1, 0.15) is 97.0 Å². The maximum Gasteiger partial charge on any atom is 0.320 e. The molecule has 1 aromatic carbocycles. The van der Waals surface area contributed by atoms with Gasteiger partial charge in [-0.15, -0.1) is 0 Å². The van der Waals surface area contributed by atoms with Gasteiger partial charge in [-0.25, -0.2) is 0 Å². The number of hydrogen-bond acceptors (Lipinski definition) is 19. The number of nitrogens with one attached hydrogen (secondary N) is 3. The zero-order valence-corrected chi connectivity index (χ0v) is 47.3. The van der Waals surface area contributed by atoms with Gasteiger partial charge in [0.1, 0.15) is 29.4 Å². The van der Waals surface area contributed by atoms with E-state index in [4.69, 9.17) is 23.7 Å². The van der Waals surface area contributed by atoms with Gasteiger partial charge in [-0.1, -0.05) is 18.6 Å². The number of nitrogens with zero attached hydrogens (tertiary/aromatic N) is 5. The van der Waals surface area contributed by atoms with Crippen molar-refractivity contribution in [2.45, 2.75) is 98.8 Å². The molecule has 0 unspecified atom stereocenters. The van der Waals surface area contributed by atoms with Crippen molar-refractivity contribution in [1.82, 2.24) is 40.4 Å². The van der Waals surface area contributed by atoms with Crippen molar-refractivity contribution in [3.63, 3.8) is 0 Å². The van der Waals surface area contributed by atoms with E-state index in [2.05, 4.69) is 16.0 Å². The maximum absolute atomic E-state index is 13.2. The van der Waals surface area contributed by atoms with Crippen LogP contribution in [-0.2, 0) is 73.4 Å². The summed E-state index contributed by atoms with van der Waals surface area (Å²) >= 11 is 0. The van der Waals surface area contributed by atoms with E-state index in [1.54, 1.807) is 24.3 Å². The molecule has 3 N–H and O–H groups in total. The third kappa shape index (κ3) is 29.8. The largest absolute Gasteiger partial charge is 0.459 e. The Kier molecular flexibility index (Phi) is 29.8. The zero-order chi connectivity index (χ0) is 57.7. The molecule has 0 radical (unpaired) electrons. The SMILES string of the molecule is CC(=O)CN1CCN(CC(=O)NCCOCCOCCOCC(=O)NCc2cccc(C(=O)NCC(=O)C[C@@H](CCCCN3C(=O)C=CC3=O)C(C)=O)c2)CCN(CC(=O)OC(C)(C)C)CCN(CC(=O)OC(C)(C)C)CC1. The van der Waals surface area contributed by atoms with Crippen molar-refractivity contribution in [2.75, 3.05) is 138 Å². The second-order valence-electron chi connectivity index (χ2n) is 21.5. The number of carbonyl (C=O) groups is 10. The predicted octanol–water partition coefficient (Wildman–Crippen LogP) is 0.952. The molecular formula is C55H86N8O15. The van der Waals surface area contributed by atoms with Crippen molar-refractivity contribution in [1.29, 1.82) is 0 Å². The number of esters is 2. The number of hydrogen-bond donors (Lipinski definition) is 3. The average Bonchev–Trinajstić information content (AvgIpc) is 3.67. The molecule has 0 bridgehead atoms. The van der Waals surface area contributed by atoms with Gasteiger partial charge in [-0.3, -0.25) is 72.4 Å². The van der Waals surface area contributed by atoms with Crippen molar-refractivity contribution in [3.8, 4) is 0 Å². The van der Waals surface area contributed by atoms with Crippen LogP contribution >= 0.6 is 0 Å². The van der Waals surface area contributed by atoms with Crippen molar-refractivity contribution in [2.24, 2.45) is 5.92 Å². The summed E-state index contributed by atoms with van der Waals surface area (Å²) in [4.78, 5) is 134. The molecule has 0 saturated carbocycles. The topological polar surface area (TPSA) is 269 Å². The smallest absolute Gasteiger partial charge is 0.320 e. The van der Waals surface area contributed by atoms with E-state index in [1.165, 1.54) is 26.0 Å². The summed E-state index contributed by atoms with van der Waals surface area (Å²) in [7, 11) is 0. The quantitative estimate of drug-likeness (QED) is 0.0515. The summed E-state index contributed by atoms with van der Waals surface area (Å²) < 4.78 is 27.8. The molecule has 0 aromatic heterocycles.